The van der Waals surface area contributed by atoms with E-state index in [0.717, 1.165) is 25.2 Å². The fraction of sp³-hybridized carbons (Fsp3) is 1.00. The van der Waals surface area contributed by atoms with Gasteiger partial charge in [-0.2, -0.15) is 0 Å². The Hall–Kier alpha value is -0.0800. The minimum atomic E-state index is 0.613. The van der Waals surface area contributed by atoms with Gasteiger partial charge < -0.3 is 10.1 Å². The Kier molecular flexibility index (Phi) is 2.73. The zero-order valence-corrected chi connectivity index (χ0v) is 9.63. The SMILES string of the molecule is C1CNC2C(C1)CCCC21CCOCC1. The van der Waals surface area contributed by atoms with Crippen LogP contribution in [0, 0.1) is 11.3 Å². The van der Waals surface area contributed by atoms with Crippen molar-refractivity contribution < 1.29 is 4.74 Å². The van der Waals surface area contributed by atoms with Crippen LogP contribution in [0.3, 0.4) is 0 Å². The lowest BCUT2D eigenvalue weighted by molar-refractivity contribution is -0.0485. The molecule has 1 saturated carbocycles. The third-order valence-electron chi connectivity index (χ3n) is 4.99. The topological polar surface area (TPSA) is 21.3 Å². The summed E-state index contributed by atoms with van der Waals surface area (Å²) in [6.07, 6.45) is 9.87. The van der Waals surface area contributed by atoms with E-state index < -0.39 is 0 Å². The van der Waals surface area contributed by atoms with Crippen molar-refractivity contribution in [3.8, 4) is 0 Å². The molecule has 2 heteroatoms. The zero-order chi connectivity index (χ0) is 10.1. The van der Waals surface area contributed by atoms with Gasteiger partial charge in [-0.05, 0) is 56.4 Å². The average molecular weight is 209 g/mol. The molecule has 15 heavy (non-hydrogen) atoms. The second-order valence-corrected chi connectivity index (χ2v) is 5.70. The Labute approximate surface area is 92.8 Å². The molecule has 2 heterocycles. The van der Waals surface area contributed by atoms with Gasteiger partial charge in [-0.1, -0.05) is 6.42 Å². The van der Waals surface area contributed by atoms with Gasteiger partial charge in [0, 0.05) is 19.3 Å². The van der Waals surface area contributed by atoms with Crippen LogP contribution < -0.4 is 5.32 Å². The Bertz CT molecular complexity index is 215. The highest BCUT2D eigenvalue weighted by Crippen LogP contribution is 2.48. The highest BCUT2D eigenvalue weighted by molar-refractivity contribution is 5.00. The second-order valence-electron chi connectivity index (χ2n) is 5.70. The number of hydrogen-bond donors (Lipinski definition) is 1. The number of piperidine rings is 1. The molecule has 1 spiro atoms. The van der Waals surface area contributed by atoms with Gasteiger partial charge in [0.2, 0.25) is 0 Å². The predicted octanol–water partition coefficient (Wildman–Crippen LogP) is 2.34. The molecule has 0 amide bonds. The summed E-state index contributed by atoms with van der Waals surface area (Å²) in [5, 5.41) is 3.83. The van der Waals surface area contributed by atoms with Gasteiger partial charge in [-0.25, -0.2) is 0 Å². The van der Waals surface area contributed by atoms with E-state index in [2.05, 4.69) is 5.32 Å². The molecular weight excluding hydrogens is 186 g/mol. The van der Waals surface area contributed by atoms with Crippen molar-refractivity contribution >= 4 is 0 Å². The molecule has 2 aliphatic heterocycles. The van der Waals surface area contributed by atoms with Crippen LogP contribution in [0.5, 0.6) is 0 Å². The van der Waals surface area contributed by atoms with Crippen LogP contribution in [0.25, 0.3) is 0 Å². The maximum atomic E-state index is 5.55. The van der Waals surface area contributed by atoms with Crippen LogP contribution in [0.2, 0.25) is 0 Å². The smallest absolute Gasteiger partial charge is 0.0471 e. The molecule has 0 bridgehead atoms. The zero-order valence-electron chi connectivity index (χ0n) is 9.63. The van der Waals surface area contributed by atoms with Crippen molar-refractivity contribution in [2.75, 3.05) is 19.8 Å². The molecule has 0 radical (unpaired) electrons. The second kappa shape index (κ2) is 4.06. The summed E-state index contributed by atoms with van der Waals surface area (Å²) < 4.78 is 5.55. The van der Waals surface area contributed by atoms with Crippen LogP contribution in [0.4, 0.5) is 0 Å². The normalized spacial score (nSPS) is 40.0. The summed E-state index contributed by atoms with van der Waals surface area (Å²) in [6.45, 7) is 3.26. The van der Waals surface area contributed by atoms with Crippen molar-refractivity contribution in [1.82, 2.24) is 5.32 Å². The van der Waals surface area contributed by atoms with Crippen LogP contribution in [-0.4, -0.2) is 25.8 Å². The third kappa shape index (κ3) is 1.72. The summed E-state index contributed by atoms with van der Waals surface area (Å²) in [5.74, 6) is 0.977. The number of ether oxygens (including phenoxy) is 1. The molecule has 0 aromatic rings. The molecule has 0 aromatic carbocycles. The molecule has 2 unspecified atom stereocenters. The van der Waals surface area contributed by atoms with Crippen molar-refractivity contribution in [2.24, 2.45) is 11.3 Å². The maximum Gasteiger partial charge on any atom is 0.0471 e. The summed E-state index contributed by atoms with van der Waals surface area (Å²) in [7, 11) is 0. The van der Waals surface area contributed by atoms with Crippen molar-refractivity contribution in [3.63, 3.8) is 0 Å². The minimum Gasteiger partial charge on any atom is -0.381 e. The van der Waals surface area contributed by atoms with Gasteiger partial charge >= 0.3 is 0 Å². The van der Waals surface area contributed by atoms with Crippen LogP contribution in [-0.2, 0) is 4.74 Å². The van der Waals surface area contributed by atoms with Gasteiger partial charge in [0.1, 0.15) is 0 Å². The van der Waals surface area contributed by atoms with Crippen LogP contribution >= 0.6 is 0 Å². The first kappa shape index (κ1) is 10.1. The fourth-order valence-corrected chi connectivity index (χ4v) is 4.19. The minimum absolute atomic E-state index is 0.613. The lowest BCUT2D eigenvalue weighted by atomic mass is 9.60. The van der Waals surface area contributed by atoms with Crippen molar-refractivity contribution in [3.05, 3.63) is 0 Å². The van der Waals surface area contributed by atoms with Crippen molar-refractivity contribution in [1.29, 1.82) is 0 Å². The van der Waals surface area contributed by atoms with E-state index in [1.165, 1.54) is 51.5 Å². The quantitative estimate of drug-likeness (QED) is 0.661. The summed E-state index contributed by atoms with van der Waals surface area (Å²) in [4.78, 5) is 0. The highest BCUT2D eigenvalue weighted by Gasteiger charge is 2.46. The standard InChI is InChI=1S/C13H23NO/c1-3-11-4-2-8-14-12(11)13(5-1)6-9-15-10-7-13/h11-12,14H,1-10H2. The summed E-state index contributed by atoms with van der Waals surface area (Å²) >= 11 is 0. The molecule has 3 fully saturated rings. The molecule has 1 N–H and O–H groups in total. The van der Waals surface area contributed by atoms with Gasteiger partial charge in [0.05, 0.1) is 0 Å². The van der Waals surface area contributed by atoms with Gasteiger partial charge in [0.15, 0.2) is 0 Å². The first-order valence-electron chi connectivity index (χ1n) is 6.72. The lowest BCUT2D eigenvalue weighted by Crippen LogP contribution is -2.56. The number of rotatable bonds is 0. The highest BCUT2D eigenvalue weighted by atomic mass is 16.5. The van der Waals surface area contributed by atoms with E-state index in [9.17, 15) is 0 Å². The molecule has 2 nitrogen and oxygen atoms in total. The Morgan fingerprint density at radius 2 is 1.80 bits per heavy atom. The molecule has 0 aromatic heterocycles. The van der Waals surface area contributed by atoms with E-state index in [1.54, 1.807) is 0 Å². The number of hydrogen-bond acceptors (Lipinski definition) is 2. The molecule has 2 atom stereocenters. The molecule has 3 aliphatic rings. The first-order valence-corrected chi connectivity index (χ1v) is 6.72. The summed E-state index contributed by atoms with van der Waals surface area (Å²) in [5.41, 5.74) is 0.613. The van der Waals surface area contributed by atoms with Gasteiger partial charge in [0.25, 0.3) is 0 Å². The van der Waals surface area contributed by atoms with E-state index in [4.69, 9.17) is 4.74 Å². The first-order chi connectivity index (χ1) is 7.41. The van der Waals surface area contributed by atoms with Crippen LogP contribution in [0.1, 0.15) is 44.9 Å². The molecular formula is C13H23NO. The number of fused-ring (bicyclic) bond motifs is 2. The Morgan fingerprint density at radius 1 is 1.00 bits per heavy atom. The Balaban J connectivity index is 1.79. The maximum absolute atomic E-state index is 5.55. The lowest BCUT2D eigenvalue weighted by Gasteiger charge is -2.52. The summed E-state index contributed by atoms with van der Waals surface area (Å²) in [6, 6.07) is 0.823. The van der Waals surface area contributed by atoms with Gasteiger partial charge in [-0.3, -0.25) is 0 Å². The van der Waals surface area contributed by atoms with Crippen molar-refractivity contribution in [2.45, 2.75) is 51.0 Å². The molecule has 86 valence electrons. The predicted molar refractivity (Wildman–Crippen MR) is 60.9 cm³/mol. The molecule has 2 saturated heterocycles. The Morgan fingerprint density at radius 3 is 2.67 bits per heavy atom. The average Bonchev–Trinajstić information content (AvgIpc) is 2.31. The third-order valence-corrected chi connectivity index (χ3v) is 4.99. The van der Waals surface area contributed by atoms with E-state index in [0.29, 0.717) is 5.41 Å². The van der Waals surface area contributed by atoms with E-state index in [-0.39, 0.29) is 0 Å². The van der Waals surface area contributed by atoms with E-state index in [1.807, 2.05) is 0 Å². The number of nitrogens with one attached hydrogen (secondary N) is 1. The fourth-order valence-electron chi connectivity index (χ4n) is 4.19. The van der Waals surface area contributed by atoms with Crippen LogP contribution in [0.15, 0.2) is 0 Å². The van der Waals surface area contributed by atoms with E-state index >= 15 is 0 Å². The molecule has 1 aliphatic carbocycles. The van der Waals surface area contributed by atoms with Gasteiger partial charge in [-0.15, -0.1) is 0 Å². The largest absolute Gasteiger partial charge is 0.381 e. The molecule has 3 rings (SSSR count). The monoisotopic (exact) mass is 209 g/mol.